The number of carbonyl (C=O) groups excluding carboxylic acids is 2. The third-order valence-electron chi connectivity index (χ3n) is 3.67. The van der Waals surface area contributed by atoms with Crippen LogP contribution in [-0.4, -0.2) is 66.7 Å². The predicted octanol–water partition coefficient (Wildman–Crippen LogP) is 1.44. The molecule has 0 aliphatic carbocycles. The van der Waals surface area contributed by atoms with E-state index in [2.05, 4.69) is 4.98 Å². The van der Waals surface area contributed by atoms with Gasteiger partial charge >= 0.3 is 6.09 Å². The quantitative estimate of drug-likeness (QED) is 0.810. The second-order valence-corrected chi connectivity index (χ2v) is 6.46. The van der Waals surface area contributed by atoms with Gasteiger partial charge in [0.2, 0.25) is 5.91 Å². The Labute approximate surface area is 140 Å². The van der Waals surface area contributed by atoms with Gasteiger partial charge in [-0.15, -0.1) is 11.3 Å². The van der Waals surface area contributed by atoms with Crippen LogP contribution in [0.4, 0.5) is 4.79 Å². The Balaban J connectivity index is 1.86. The fourth-order valence-electron chi connectivity index (χ4n) is 2.44. The first-order chi connectivity index (χ1) is 11.0. The molecule has 2 rings (SSSR count). The van der Waals surface area contributed by atoms with Crippen molar-refractivity contribution < 1.29 is 19.1 Å². The zero-order chi connectivity index (χ0) is 16.8. The van der Waals surface area contributed by atoms with Crippen molar-refractivity contribution in [1.82, 2.24) is 14.8 Å². The fourth-order valence-corrected chi connectivity index (χ4v) is 3.47. The number of piperazine rings is 1. The highest BCUT2D eigenvalue weighted by Gasteiger charge is 2.25. The van der Waals surface area contributed by atoms with Crippen molar-refractivity contribution in [2.75, 3.05) is 39.9 Å². The summed E-state index contributed by atoms with van der Waals surface area (Å²) in [5.74, 6) is 0.0734. The van der Waals surface area contributed by atoms with Crippen molar-refractivity contribution in [2.24, 2.45) is 0 Å². The third-order valence-corrected chi connectivity index (χ3v) is 4.81. The van der Waals surface area contributed by atoms with Crippen molar-refractivity contribution in [2.45, 2.75) is 26.9 Å². The van der Waals surface area contributed by atoms with Crippen molar-refractivity contribution >= 4 is 23.3 Å². The second-order valence-electron chi connectivity index (χ2n) is 5.29. The maximum Gasteiger partial charge on any atom is 0.409 e. The lowest BCUT2D eigenvalue weighted by atomic mass is 10.2. The highest BCUT2D eigenvalue weighted by Crippen LogP contribution is 2.20. The number of methoxy groups -OCH3 is 1. The van der Waals surface area contributed by atoms with Crippen molar-refractivity contribution in [3.8, 4) is 0 Å². The molecule has 0 spiro atoms. The summed E-state index contributed by atoms with van der Waals surface area (Å²) in [5, 5.41) is 0.889. The van der Waals surface area contributed by atoms with E-state index in [1.807, 2.05) is 6.92 Å². The number of aromatic nitrogens is 1. The van der Waals surface area contributed by atoms with E-state index in [1.54, 1.807) is 23.8 Å². The van der Waals surface area contributed by atoms with E-state index < -0.39 is 0 Å². The van der Waals surface area contributed by atoms with Gasteiger partial charge in [-0.25, -0.2) is 9.78 Å². The van der Waals surface area contributed by atoms with E-state index in [9.17, 15) is 9.59 Å². The van der Waals surface area contributed by atoms with Crippen LogP contribution >= 0.6 is 11.3 Å². The van der Waals surface area contributed by atoms with Gasteiger partial charge in [0.1, 0.15) is 5.01 Å². The monoisotopic (exact) mass is 341 g/mol. The van der Waals surface area contributed by atoms with Gasteiger partial charge in [-0.3, -0.25) is 4.79 Å². The minimum Gasteiger partial charge on any atom is -0.450 e. The lowest BCUT2D eigenvalue weighted by molar-refractivity contribution is -0.132. The van der Waals surface area contributed by atoms with E-state index in [0.29, 0.717) is 45.8 Å². The number of aryl methyl sites for hydroxylation is 1. The highest BCUT2D eigenvalue weighted by molar-refractivity contribution is 7.11. The SMILES string of the molecule is CCOC(=O)N1CCN(C(=O)Cc2sc(COC)nc2C)CC1. The molecule has 1 aromatic rings. The summed E-state index contributed by atoms with van der Waals surface area (Å²) in [4.78, 5) is 32.9. The lowest BCUT2D eigenvalue weighted by Gasteiger charge is -2.34. The van der Waals surface area contributed by atoms with Gasteiger partial charge in [0.25, 0.3) is 0 Å². The summed E-state index contributed by atoms with van der Waals surface area (Å²) >= 11 is 1.52. The van der Waals surface area contributed by atoms with Gasteiger partial charge in [0, 0.05) is 38.2 Å². The summed E-state index contributed by atoms with van der Waals surface area (Å²) in [6, 6.07) is 0. The van der Waals surface area contributed by atoms with Crippen molar-refractivity contribution in [3.05, 3.63) is 15.6 Å². The number of amides is 2. The first-order valence-corrected chi connectivity index (χ1v) is 8.50. The summed E-state index contributed by atoms with van der Waals surface area (Å²) in [7, 11) is 1.63. The van der Waals surface area contributed by atoms with Crippen LogP contribution in [0.1, 0.15) is 22.5 Å². The number of carbonyl (C=O) groups is 2. The van der Waals surface area contributed by atoms with Gasteiger partial charge in [-0.05, 0) is 13.8 Å². The Bertz CT molecular complexity index is 553. The van der Waals surface area contributed by atoms with Crippen molar-refractivity contribution in [3.63, 3.8) is 0 Å². The average molecular weight is 341 g/mol. The first kappa shape index (κ1) is 17.7. The average Bonchev–Trinajstić information content (AvgIpc) is 2.87. The zero-order valence-corrected chi connectivity index (χ0v) is 14.6. The minimum absolute atomic E-state index is 0.0734. The summed E-state index contributed by atoms with van der Waals surface area (Å²) in [6.45, 7) is 6.65. The van der Waals surface area contributed by atoms with Crippen LogP contribution in [0.15, 0.2) is 0 Å². The normalized spacial score (nSPS) is 14.9. The topological polar surface area (TPSA) is 72.0 Å². The van der Waals surface area contributed by atoms with Crippen LogP contribution in [0.2, 0.25) is 0 Å². The molecule has 1 aliphatic heterocycles. The zero-order valence-electron chi connectivity index (χ0n) is 13.8. The molecule has 0 atom stereocenters. The largest absolute Gasteiger partial charge is 0.450 e. The molecule has 0 unspecified atom stereocenters. The number of hydrogen-bond acceptors (Lipinski definition) is 6. The van der Waals surface area contributed by atoms with Crippen LogP contribution in [0.25, 0.3) is 0 Å². The van der Waals surface area contributed by atoms with Crippen LogP contribution in [0.5, 0.6) is 0 Å². The minimum atomic E-state index is -0.304. The molecule has 0 radical (unpaired) electrons. The standard InChI is InChI=1S/C15H23N3O4S/c1-4-22-15(20)18-7-5-17(6-8-18)14(19)9-12-11(2)16-13(23-12)10-21-3/h4-10H2,1-3H3. The second kappa shape index (κ2) is 8.26. The molecule has 2 heterocycles. The lowest BCUT2D eigenvalue weighted by Crippen LogP contribution is -2.51. The molecule has 7 nitrogen and oxygen atoms in total. The van der Waals surface area contributed by atoms with Crippen molar-refractivity contribution in [1.29, 1.82) is 0 Å². The van der Waals surface area contributed by atoms with E-state index in [4.69, 9.17) is 9.47 Å². The molecule has 1 fully saturated rings. The summed E-state index contributed by atoms with van der Waals surface area (Å²) in [6.07, 6.45) is 0.0502. The smallest absolute Gasteiger partial charge is 0.409 e. The molecule has 1 saturated heterocycles. The molecule has 1 aliphatic rings. The molecule has 1 aromatic heterocycles. The molecule has 0 saturated carbocycles. The Kier molecular flexibility index (Phi) is 6.35. The van der Waals surface area contributed by atoms with Gasteiger partial charge in [0.05, 0.1) is 25.3 Å². The molecule has 0 bridgehead atoms. The van der Waals surface area contributed by atoms with Gasteiger partial charge in [-0.2, -0.15) is 0 Å². The molecule has 2 amide bonds. The van der Waals surface area contributed by atoms with Crippen LogP contribution in [-0.2, 0) is 27.3 Å². The summed E-state index contributed by atoms with van der Waals surface area (Å²) < 4.78 is 10.1. The van der Waals surface area contributed by atoms with E-state index in [0.717, 1.165) is 15.6 Å². The van der Waals surface area contributed by atoms with Crippen LogP contribution in [0, 0.1) is 6.92 Å². The van der Waals surface area contributed by atoms with E-state index in [1.165, 1.54) is 11.3 Å². The number of hydrogen-bond donors (Lipinski definition) is 0. The molecule has 128 valence electrons. The van der Waals surface area contributed by atoms with Gasteiger partial charge in [0.15, 0.2) is 0 Å². The maximum atomic E-state index is 12.4. The Morgan fingerprint density at radius 1 is 1.22 bits per heavy atom. The molecule has 0 N–H and O–H groups in total. The molecular weight excluding hydrogens is 318 g/mol. The predicted molar refractivity (Wildman–Crippen MR) is 86.4 cm³/mol. The number of nitrogens with zero attached hydrogens (tertiary/aromatic N) is 3. The Hall–Kier alpha value is -1.67. The van der Waals surface area contributed by atoms with E-state index in [-0.39, 0.29) is 12.0 Å². The summed E-state index contributed by atoms with van der Waals surface area (Å²) in [5.41, 5.74) is 0.889. The number of ether oxygens (including phenoxy) is 2. The Morgan fingerprint density at radius 3 is 2.48 bits per heavy atom. The van der Waals surface area contributed by atoms with Gasteiger partial charge < -0.3 is 19.3 Å². The van der Waals surface area contributed by atoms with Crippen LogP contribution in [0.3, 0.4) is 0 Å². The number of rotatable bonds is 5. The highest BCUT2D eigenvalue weighted by atomic mass is 32.1. The third kappa shape index (κ3) is 4.65. The molecule has 0 aromatic carbocycles. The fraction of sp³-hybridized carbons (Fsp3) is 0.667. The molecule has 8 heteroatoms. The van der Waals surface area contributed by atoms with E-state index >= 15 is 0 Å². The maximum absolute atomic E-state index is 12.4. The molecule has 23 heavy (non-hydrogen) atoms. The number of thiazole rings is 1. The van der Waals surface area contributed by atoms with Crippen LogP contribution < -0.4 is 0 Å². The Morgan fingerprint density at radius 2 is 1.87 bits per heavy atom. The first-order valence-electron chi connectivity index (χ1n) is 7.68. The molecular formula is C15H23N3O4S. The van der Waals surface area contributed by atoms with Gasteiger partial charge in [-0.1, -0.05) is 0 Å².